The largest absolute Gasteiger partial charge is 0.368 e. The van der Waals surface area contributed by atoms with Gasteiger partial charge in [0, 0.05) is 0 Å². The van der Waals surface area contributed by atoms with E-state index in [1.807, 2.05) is 37.3 Å². The molecule has 0 radical (unpaired) electrons. The topological polar surface area (TPSA) is 26.3 Å². The molecule has 0 aliphatic heterocycles. The molecule has 2 nitrogen and oxygen atoms in total. The molecule has 0 aliphatic rings. The molecule has 0 atom stereocenters. The first kappa shape index (κ1) is 11.3. The molecule has 0 aliphatic carbocycles. The van der Waals surface area contributed by atoms with Gasteiger partial charge in [0.2, 0.25) is 5.12 Å². The Balaban J connectivity index is 2.19. The smallest absolute Gasteiger partial charge is 0.214 e. The average Bonchev–Trinajstić information content (AvgIpc) is 2.20. The first-order valence-corrected chi connectivity index (χ1v) is 5.58. The molecule has 0 bridgehead atoms. The van der Waals surface area contributed by atoms with E-state index >= 15 is 0 Å². The second-order valence-corrected chi connectivity index (χ2v) is 4.10. The maximum absolute atomic E-state index is 11.1. The minimum atomic E-state index is 0.100. The summed E-state index contributed by atoms with van der Waals surface area (Å²) >= 11 is 1.30. The van der Waals surface area contributed by atoms with E-state index in [1.54, 1.807) is 0 Å². The Labute approximate surface area is 88.7 Å². The molecule has 1 rings (SSSR count). The van der Waals surface area contributed by atoms with E-state index in [0.717, 1.165) is 11.3 Å². The molecule has 76 valence electrons. The Morgan fingerprint density at radius 1 is 1.36 bits per heavy atom. The molecule has 0 saturated carbocycles. The van der Waals surface area contributed by atoms with Crippen molar-refractivity contribution in [3.05, 3.63) is 35.9 Å². The molecule has 0 amide bonds. The lowest BCUT2D eigenvalue weighted by Gasteiger charge is -2.02. The summed E-state index contributed by atoms with van der Waals surface area (Å²) < 4.78 is 5.26. The summed E-state index contributed by atoms with van der Waals surface area (Å²) in [6, 6.07) is 9.85. The van der Waals surface area contributed by atoms with Crippen molar-refractivity contribution in [2.75, 3.05) is 12.4 Å². The van der Waals surface area contributed by atoms with Gasteiger partial charge >= 0.3 is 0 Å². The fraction of sp³-hybridized carbons (Fsp3) is 0.364. The van der Waals surface area contributed by atoms with E-state index in [-0.39, 0.29) is 11.7 Å². The third-order valence-corrected chi connectivity index (χ3v) is 2.37. The highest BCUT2D eigenvalue weighted by Crippen LogP contribution is 2.04. The zero-order valence-corrected chi connectivity index (χ0v) is 9.05. The van der Waals surface area contributed by atoms with Crippen molar-refractivity contribution in [3.8, 4) is 0 Å². The molecule has 0 N–H and O–H groups in total. The van der Waals surface area contributed by atoms with Crippen molar-refractivity contribution in [1.82, 2.24) is 0 Å². The van der Waals surface area contributed by atoms with Crippen LogP contribution in [0.25, 0.3) is 0 Å². The lowest BCUT2D eigenvalue weighted by Crippen LogP contribution is -2.04. The average molecular weight is 210 g/mol. The SMILES string of the molecule is CCSC(=O)COCc1ccccc1. The second-order valence-electron chi connectivity index (χ2n) is 2.78. The first-order chi connectivity index (χ1) is 6.83. The van der Waals surface area contributed by atoms with Crippen LogP contribution in [-0.2, 0) is 16.1 Å². The van der Waals surface area contributed by atoms with Crippen LogP contribution in [0.15, 0.2) is 30.3 Å². The number of rotatable bonds is 5. The van der Waals surface area contributed by atoms with Crippen LogP contribution in [0, 0.1) is 0 Å². The number of carbonyl (C=O) groups is 1. The minimum Gasteiger partial charge on any atom is -0.368 e. The summed E-state index contributed by atoms with van der Waals surface area (Å²) in [5.41, 5.74) is 1.10. The van der Waals surface area contributed by atoms with Gasteiger partial charge in [-0.05, 0) is 11.3 Å². The zero-order valence-electron chi connectivity index (χ0n) is 8.23. The minimum absolute atomic E-state index is 0.100. The van der Waals surface area contributed by atoms with Crippen LogP contribution in [0.4, 0.5) is 0 Å². The summed E-state index contributed by atoms with van der Waals surface area (Å²) in [6.07, 6.45) is 0. The van der Waals surface area contributed by atoms with Gasteiger partial charge < -0.3 is 4.74 Å². The molecule has 0 fully saturated rings. The van der Waals surface area contributed by atoms with Crippen molar-refractivity contribution in [2.24, 2.45) is 0 Å². The fourth-order valence-corrected chi connectivity index (χ4v) is 1.52. The standard InChI is InChI=1S/C11H14O2S/c1-2-14-11(12)9-13-8-10-6-4-3-5-7-10/h3-7H,2,8-9H2,1H3. The van der Waals surface area contributed by atoms with Gasteiger partial charge in [-0.25, -0.2) is 0 Å². The third-order valence-electron chi connectivity index (χ3n) is 1.64. The summed E-state index contributed by atoms with van der Waals surface area (Å²) in [5.74, 6) is 0.813. The number of carbonyl (C=O) groups excluding carboxylic acids is 1. The Morgan fingerprint density at radius 3 is 2.71 bits per heavy atom. The monoisotopic (exact) mass is 210 g/mol. The van der Waals surface area contributed by atoms with E-state index < -0.39 is 0 Å². The van der Waals surface area contributed by atoms with Crippen LogP contribution >= 0.6 is 11.8 Å². The Bertz CT molecular complexity index is 272. The predicted molar refractivity (Wildman–Crippen MR) is 59.2 cm³/mol. The van der Waals surface area contributed by atoms with Crippen LogP contribution in [0.1, 0.15) is 12.5 Å². The van der Waals surface area contributed by atoms with Gasteiger partial charge in [-0.3, -0.25) is 4.79 Å². The van der Waals surface area contributed by atoms with Crippen molar-refractivity contribution in [2.45, 2.75) is 13.5 Å². The van der Waals surface area contributed by atoms with Crippen molar-refractivity contribution < 1.29 is 9.53 Å². The van der Waals surface area contributed by atoms with Gasteiger partial charge in [0.05, 0.1) is 6.61 Å². The molecular formula is C11H14O2S. The molecule has 14 heavy (non-hydrogen) atoms. The van der Waals surface area contributed by atoms with Crippen LogP contribution in [-0.4, -0.2) is 17.5 Å². The number of benzene rings is 1. The maximum atomic E-state index is 11.1. The predicted octanol–water partition coefficient (Wildman–Crippen LogP) is 2.48. The summed E-state index contributed by atoms with van der Waals surface area (Å²) in [5, 5.41) is 0.100. The Kier molecular flexibility index (Phi) is 5.33. The zero-order chi connectivity index (χ0) is 10.2. The van der Waals surface area contributed by atoms with Gasteiger partial charge in [-0.15, -0.1) is 0 Å². The van der Waals surface area contributed by atoms with Crippen molar-refractivity contribution in [1.29, 1.82) is 0 Å². The van der Waals surface area contributed by atoms with Gasteiger partial charge in [0.1, 0.15) is 6.61 Å². The Hall–Kier alpha value is -0.800. The van der Waals surface area contributed by atoms with Crippen LogP contribution in [0.2, 0.25) is 0 Å². The normalized spacial score (nSPS) is 10.1. The second kappa shape index (κ2) is 6.62. The highest BCUT2D eigenvalue weighted by molar-refractivity contribution is 8.13. The molecule has 1 aromatic rings. The van der Waals surface area contributed by atoms with Gasteiger partial charge in [0.25, 0.3) is 0 Å². The number of hydrogen-bond donors (Lipinski definition) is 0. The summed E-state index contributed by atoms with van der Waals surface area (Å²) in [7, 11) is 0. The highest BCUT2D eigenvalue weighted by atomic mass is 32.2. The van der Waals surface area contributed by atoms with E-state index in [1.165, 1.54) is 11.8 Å². The van der Waals surface area contributed by atoms with E-state index in [4.69, 9.17) is 4.74 Å². The third kappa shape index (κ3) is 4.44. The maximum Gasteiger partial charge on any atom is 0.214 e. The van der Waals surface area contributed by atoms with Crippen LogP contribution in [0.5, 0.6) is 0 Å². The Morgan fingerprint density at radius 2 is 2.07 bits per heavy atom. The molecule has 1 aromatic carbocycles. The molecule has 0 aromatic heterocycles. The highest BCUT2D eigenvalue weighted by Gasteiger charge is 2.00. The number of hydrogen-bond acceptors (Lipinski definition) is 3. The molecule has 0 saturated heterocycles. The van der Waals surface area contributed by atoms with E-state index in [9.17, 15) is 4.79 Å². The summed E-state index contributed by atoms with van der Waals surface area (Å²) in [6.45, 7) is 2.67. The number of ether oxygens (including phenoxy) is 1. The molecule has 0 unspecified atom stereocenters. The first-order valence-electron chi connectivity index (χ1n) is 4.60. The quantitative estimate of drug-likeness (QED) is 0.747. The lowest BCUT2D eigenvalue weighted by molar-refractivity contribution is -0.115. The van der Waals surface area contributed by atoms with Crippen LogP contribution in [0.3, 0.4) is 0 Å². The van der Waals surface area contributed by atoms with Gasteiger partial charge in [-0.1, -0.05) is 49.0 Å². The van der Waals surface area contributed by atoms with Crippen molar-refractivity contribution in [3.63, 3.8) is 0 Å². The van der Waals surface area contributed by atoms with E-state index in [2.05, 4.69) is 0 Å². The molecular weight excluding hydrogens is 196 g/mol. The summed E-state index contributed by atoms with van der Waals surface area (Å²) in [4.78, 5) is 11.1. The van der Waals surface area contributed by atoms with Gasteiger partial charge in [-0.2, -0.15) is 0 Å². The van der Waals surface area contributed by atoms with Gasteiger partial charge in [0.15, 0.2) is 0 Å². The lowest BCUT2D eigenvalue weighted by atomic mass is 10.2. The molecule has 0 heterocycles. The fourth-order valence-electron chi connectivity index (χ4n) is 1.03. The molecule has 0 spiro atoms. The van der Waals surface area contributed by atoms with Crippen LogP contribution < -0.4 is 0 Å². The van der Waals surface area contributed by atoms with E-state index in [0.29, 0.717) is 6.61 Å². The number of thioether (sulfide) groups is 1. The molecule has 3 heteroatoms. The van der Waals surface area contributed by atoms with Crippen molar-refractivity contribution >= 4 is 16.9 Å².